The van der Waals surface area contributed by atoms with E-state index in [2.05, 4.69) is 25.8 Å². The van der Waals surface area contributed by atoms with Crippen LogP contribution in [-0.4, -0.2) is 32.7 Å². The van der Waals surface area contributed by atoms with Gasteiger partial charge in [-0.2, -0.15) is 0 Å². The Hall–Kier alpha value is -3.46. The molecule has 166 valence electrons. The number of hydrogen-bond donors (Lipinski definition) is 3. The van der Waals surface area contributed by atoms with Crippen molar-refractivity contribution in [2.24, 2.45) is 0 Å². The number of rotatable bonds is 6. The third kappa shape index (κ3) is 5.61. The number of nitrogens with zero attached hydrogens (tertiary/aromatic N) is 2. The first-order valence-electron chi connectivity index (χ1n) is 10.00. The zero-order valence-corrected chi connectivity index (χ0v) is 19.4. The van der Waals surface area contributed by atoms with Gasteiger partial charge in [0.05, 0.1) is 11.4 Å². The number of thioether (sulfide) groups is 1. The first kappa shape index (κ1) is 23.2. The number of amides is 2. The van der Waals surface area contributed by atoms with Gasteiger partial charge < -0.3 is 10.6 Å². The fourth-order valence-electron chi connectivity index (χ4n) is 3.33. The first-order valence-corrected chi connectivity index (χ1v) is 11.0. The fourth-order valence-corrected chi connectivity index (χ4v) is 3.94. The van der Waals surface area contributed by atoms with Crippen molar-refractivity contribution in [3.8, 4) is 11.3 Å². The number of aryl methyl sites for hydroxylation is 4. The van der Waals surface area contributed by atoms with Crippen LogP contribution >= 0.6 is 11.8 Å². The van der Waals surface area contributed by atoms with E-state index in [1.807, 2.05) is 52.0 Å². The molecule has 2 aromatic carbocycles. The fraction of sp³-hybridized carbons (Fsp3) is 0.261. The number of carbonyl (C=O) groups excluding carboxylic acids is 2. The second-order valence-electron chi connectivity index (χ2n) is 7.65. The maximum atomic E-state index is 12.7. The first-order chi connectivity index (χ1) is 15.1. The summed E-state index contributed by atoms with van der Waals surface area (Å²) in [4.78, 5) is 39.3. The van der Waals surface area contributed by atoms with E-state index >= 15 is 0 Å². The minimum absolute atomic E-state index is 0.0674. The topological polar surface area (TPSA) is 117 Å². The molecule has 3 N–H and O–H groups in total. The van der Waals surface area contributed by atoms with E-state index in [0.29, 0.717) is 11.3 Å². The Balaban J connectivity index is 1.77. The normalized spacial score (nSPS) is 10.7. The largest absolute Gasteiger partial charge is 0.325 e. The molecule has 0 aliphatic rings. The van der Waals surface area contributed by atoms with Crippen LogP contribution in [0.1, 0.15) is 29.2 Å². The quantitative estimate of drug-likeness (QED) is 0.492. The van der Waals surface area contributed by atoms with Crippen molar-refractivity contribution in [1.82, 2.24) is 15.2 Å². The average Bonchev–Trinajstić information content (AvgIpc) is 2.70. The van der Waals surface area contributed by atoms with Gasteiger partial charge in [0.15, 0.2) is 10.9 Å². The monoisotopic (exact) mass is 451 g/mol. The van der Waals surface area contributed by atoms with Crippen molar-refractivity contribution in [1.29, 1.82) is 0 Å². The molecule has 0 fully saturated rings. The minimum Gasteiger partial charge on any atom is -0.325 e. The van der Waals surface area contributed by atoms with Crippen LogP contribution in [0.4, 0.5) is 11.4 Å². The predicted octanol–water partition coefficient (Wildman–Crippen LogP) is 3.75. The smallest absolute Gasteiger partial charge is 0.278 e. The summed E-state index contributed by atoms with van der Waals surface area (Å²) >= 11 is 1.09. The Morgan fingerprint density at radius 3 is 2.34 bits per heavy atom. The van der Waals surface area contributed by atoms with E-state index < -0.39 is 5.56 Å². The number of hydrogen-bond acceptors (Lipinski definition) is 6. The van der Waals surface area contributed by atoms with Gasteiger partial charge >= 0.3 is 0 Å². The van der Waals surface area contributed by atoms with E-state index in [9.17, 15) is 14.4 Å². The molecule has 0 unspecified atom stereocenters. The molecule has 0 saturated heterocycles. The number of anilines is 2. The van der Waals surface area contributed by atoms with Crippen molar-refractivity contribution in [3.63, 3.8) is 0 Å². The molecule has 0 aliphatic carbocycles. The van der Waals surface area contributed by atoms with Gasteiger partial charge in [0, 0.05) is 18.2 Å². The molecule has 0 saturated carbocycles. The van der Waals surface area contributed by atoms with Crippen LogP contribution < -0.4 is 16.2 Å². The van der Waals surface area contributed by atoms with E-state index in [4.69, 9.17) is 0 Å². The lowest BCUT2D eigenvalue weighted by atomic mass is 10.0. The molecule has 0 bridgehead atoms. The van der Waals surface area contributed by atoms with Crippen molar-refractivity contribution >= 4 is 35.0 Å². The molecule has 1 heterocycles. The number of aromatic nitrogens is 3. The summed E-state index contributed by atoms with van der Waals surface area (Å²) in [7, 11) is 0. The Bertz CT molecular complexity index is 1250. The van der Waals surface area contributed by atoms with Crippen LogP contribution in [0.15, 0.2) is 40.3 Å². The highest BCUT2D eigenvalue weighted by Crippen LogP contribution is 2.29. The number of benzene rings is 2. The lowest BCUT2D eigenvalue weighted by Gasteiger charge is -2.13. The van der Waals surface area contributed by atoms with Crippen molar-refractivity contribution in [2.75, 3.05) is 16.4 Å². The number of nitrogens with one attached hydrogen (secondary N) is 3. The molecule has 8 nitrogen and oxygen atoms in total. The Labute approximate surface area is 190 Å². The minimum atomic E-state index is -0.450. The summed E-state index contributed by atoms with van der Waals surface area (Å²) in [6.07, 6.45) is 0. The molecule has 3 rings (SSSR count). The highest BCUT2D eigenvalue weighted by Gasteiger charge is 2.16. The van der Waals surface area contributed by atoms with E-state index in [1.165, 1.54) is 6.92 Å². The zero-order chi connectivity index (χ0) is 23.4. The number of aromatic amines is 1. The third-order valence-corrected chi connectivity index (χ3v) is 5.57. The molecule has 0 radical (unpaired) electrons. The van der Waals surface area contributed by atoms with Gasteiger partial charge in [-0.25, -0.2) is 0 Å². The highest BCUT2D eigenvalue weighted by atomic mass is 32.2. The molecule has 1 aromatic heterocycles. The summed E-state index contributed by atoms with van der Waals surface area (Å²) in [5, 5.41) is 14.0. The molecular weight excluding hydrogens is 426 g/mol. The van der Waals surface area contributed by atoms with Gasteiger partial charge in [-0.1, -0.05) is 41.1 Å². The van der Waals surface area contributed by atoms with E-state index in [0.717, 1.165) is 39.7 Å². The summed E-state index contributed by atoms with van der Waals surface area (Å²) in [6.45, 7) is 9.07. The Morgan fingerprint density at radius 2 is 1.69 bits per heavy atom. The van der Waals surface area contributed by atoms with Gasteiger partial charge in [-0.3, -0.25) is 19.4 Å². The lowest BCUT2D eigenvalue weighted by molar-refractivity contribution is -0.114. The van der Waals surface area contributed by atoms with Crippen LogP contribution in [0.25, 0.3) is 11.3 Å². The molecule has 9 heteroatoms. The standard InChI is InChI=1S/C23H25N5O3S/c1-12-6-7-18(14(3)8-12)25-19(30)11-32-23-26-22(31)21(27-28-23)17-10-13(2)9-15(4)20(17)24-16(5)29/h6-10H,11H2,1-5H3,(H,24,29)(H,25,30)(H,26,28,31). The second-order valence-corrected chi connectivity index (χ2v) is 8.61. The third-order valence-electron chi connectivity index (χ3n) is 4.71. The van der Waals surface area contributed by atoms with Gasteiger partial charge in [0.25, 0.3) is 5.56 Å². The van der Waals surface area contributed by atoms with Gasteiger partial charge in [0.1, 0.15) is 0 Å². The van der Waals surface area contributed by atoms with Crippen LogP contribution in [-0.2, 0) is 9.59 Å². The summed E-state index contributed by atoms with van der Waals surface area (Å²) in [5.74, 6) is -0.390. The SMILES string of the molecule is CC(=O)Nc1c(C)cc(C)cc1-c1nnc(SCC(=O)Nc2ccc(C)cc2C)[nH]c1=O. The number of carbonyl (C=O) groups is 2. The van der Waals surface area contributed by atoms with Crippen LogP contribution in [0, 0.1) is 27.7 Å². The highest BCUT2D eigenvalue weighted by molar-refractivity contribution is 7.99. The average molecular weight is 452 g/mol. The van der Waals surface area contributed by atoms with Crippen LogP contribution in [0.5, 0.6) is 0 Å². The van der Waals surface area contributed by atoms with Crippen molar-refractivity contribution in [3.05, 3.63) is 62.9 Å². The molecule has 32 heavy (non-hydrogen) atoms. The predicted molar refractivity (Wildman–Crippen MR) is 127 cm³/mol. The second kappa shape index (κ2) is 9.78. The summed E-state index contributed by atoms with van der Waals surface area (Å²) in [5.41, 5.74) is 5.26. The van der Waals surface area contributed by atoms with Gasteiger partial charge in [-0.05, 0) is 51.0 Å². The molecule has 0 spiro atoms. The van der Waals surface area contributed by atoms with Crippen molar-refractivity contribution in [2.45, 2.75) is 39.8 Å². The molecular formula is C23H25N5O3S. The summed E-state index contributed by atoms with van der Waals surface area (Å²) in [6, 6.07) is 9.48. The lowest BCUT2D eigenvalue weighted by Crippen LogP contribution is -2.18. The number of H-pyrrole nitrogens is 1. The van der Waals surface area contributed by atoms with Crippen molar-refractivity contribution < 1.29 is 9.59 Å². The Morgan fingerprint density at radius 1 is 0.969 bits per heavy atom. The molecule has 0 aliphatic heterocycles. The summed E-state index contributed by atoms with van der Waals surface area (Å²) < 4.78 is 0. The van der Waals surface area contributed by atoms with E-state index in [-0.39, 0.29) is 28.4 Å². The molecule has 0 atom stereocenters. The van der Waals surface area contributed by atoms with Gasteiger partial charge in [0.2, 0.25) is 11.8 Å². The maximum Gasteiger partial charge on any atom is 0.278 e. The van der Waals surface area contributed by atoms with E-state index in [1.54, 1.807) is 6.07 Å². The molecule has 3 aromatic rings. The van der Waals surface area contributed by atoms with Crippen LogP contribution in [0.3, 0.4) is 0 Å². The zero-order valence-electron chi connectivity index (χ0n) is 18.6. The van der Waals surface area contributed by atoms with Crippen LogP contribution in [0.2, 0.25) is 0 Å². The maximum absolute atomic E-state index is 12.7. The molecule has 2 amide bonds. The Kier molecular flexibility index (Phi) is 7.09. The van der Waals surface area contributed by atoms with Gasteiger partial charge in [-0.15, -0.1) is 10.2 Å².